The molecule has 0 aromatic carbocycles. The zero-order valence-electron chi connectivity index (χ0n) is 8.53. The van der Waals surface area contributed by atoms with Crippen molar-refractivity contribution in [2.75, 3.05) is 0 Å². The minimum atomic E-state index is -0.0512. The molecule has 2 aromatic rings. The molecule has 2 aromatic heterocycles. The van der Waals surface area contributed by atoms with Crippen molar-refractivity contribution in [3.05, 3.63) is 52.7 Å². The van der Waals surface area contributed by atoms with Gasteiger partial charge in [-0.3, -0.25) is 9.78 Å². The number of nitrogens with zero attached hydrogens (tertiary/aromatic N) is 1. The second-order valence-corrected chi connectivity index (χ2v) is 3.30. The van der Waals surface area contributed by atoms with Crippen LogP contribution in [0.3, 0.4) is 0 Å². The summed E-state index contributed by atoms with van der Waals surface area (Å²) in [4.78, 5) is 18.0. The number of hydrogen-bond acceptors (Lipinski definition) is 2. The van der Waals surface area contributed by atoms with E-state index in [0.717, 1.165) is 23.2 Å². The molecule has 76 valence electrons. The van der Waals surface area contributed by atoms with E-state index in [4.69, 9.17) is 0 Å². The van der Waals surface area contributed by atoms with Crippen LogP contribution in [-0.4, -0.2) is 9.97 Å². The summed E-state index contributed by atoms with van der Waals surface area (Å²) in [5.41, 5.74) is 3.07. The number of rotatable bonds is 2. The van der Waals surface area contributed by atoms with E-state index in [1.54, 1.807) is 18.5 Å². The van der Waals surface area contributed by atoms with Gasteiger partial charge in [-0.25, -0.2) is 0 Å². The minimum Gasteiger partial charge on any atom is -0.326 e. The van der Waals surface area contributed by atoms with Crippen LogP contribution in [0, 0.1) is 0 Å². The highest BCUT2D eigenvalue weighted by Gasteiger charge is 2.03. The molecular formula is C12H12N2O. The Kier molecular flexibility index (Phi) is 2.63. The fourth-order valence-corrected chi connectivity index (χ4v) is 1.60. The molecular weight excluding hydrogens is 188 g/mol. The molecule has 0 atom stereocenters. The lowest BCUT2D eigenvalue weighted by Crippen LogP contribution is -2.07. The van der Waals surface area contributed by atoms with Crippen molar-refractivity contribution in [3.63, 3.8) is 0 Å². The number of aromatic nitrogens is 2. The summed E-state index contributed by atoms with van der Waals surface area (Å²) in [5.74, 6) is 0. The third-order valence-corrected chi connectivity index (χ3v) is 2.35. The largest absolute Gasteiger partial charge is 0.326 e. The van der Waals surface area contributed by atoms with Gasteiger partial charge in [0.25, 0.3) is 0 Å². The van der Waals surface area contributed by atoms with E-state index in [0.29, 0.717) is 0 Å². The van der Waals surface area contributed by atoms with Crippen LogP contribution in [0.5, 0.6) is 0 Å². The van der Waals surface area contributed by atoms with E-state index in [2.05, 4.69) is 9.97 Å². The predicted molar refractivity (Wildman–Crippen MR) is 59.7 cm³/mol. The van der Waals surface area contributed by atoms with Gasteiger partial charge in [-0.2, -0.15) is 0 Å². The summed E-state index contributed by atoms with van der Waals surface area (Å²) in [6.45, 7) is 2.02. The summed E-state index contributed by atoms with van der Waals surface area (Å²) in [6.07, 6.45) is 4.31. The molecule has 2 heterocycles. The lowest BCUT2D eigenvalue weighted by Gasteiger charge is -2.06. The fourth-order valence-electron chi connectivity index (χ4n) is 1.60. The molecule has 3 nitrogen and oxygen atoms in total. The molecule has 0 radical (unpaired) electrons. The molecule has 0 fully saturated rings. The first-order valence-corrected chi connectivity index (χ1v) is 4.94. The van der Waals surface area contributed by atoms with Gasteiger partial charge in [0.2, 0.25) is 5.56 Å². The van der Waals surface area contributed by atoms with E-state index in [1.807, 2.05) is 25.1 Å². The van der Waals surface area contributed by atoms with Gasteiger partial charge >= 0.3 is 0 Å². The van der Waals surface area contributed by atoms with Crippen LogP contribution in [0.2, 0.25) is 0 Å². The van der Waals surface area contributed by atoms with E-state index in [1.165, 1.54) is 0 Å². The van der Waals surface area contributed by atoms with Crippen LogP contribution in [0.1, 0.15) is 12.6 Å². The van der Waals surface area contributed by atoms with Gasteiger partial charge in [0, 0.05) is 29.7 Å². The normalized spacial score (nSPS) is 10.2. The summed E-state index contributed by atoms with van der Waals surface area (Å²) in [5, 5.41) is 0. The quantitative estimate of drug-likeness (QED) is 0.805. The van der Waals surface area contributed by atoms with Crippen LogP contribution < -0.4 is 5.56 Å². The van der Waals surface area contributed by atoms with Crippen LogP contribution in [-0.2, 0) is 6.42 Å². The van der Waals surface area contributed by atoms with Gasteiger partial charge in [0.15, 0.2) is 0 Å². The molecule has 0 saturated heterocycles. The average molecular weight is 200 g/mol. The van der Waals surface area contributed by atoms with Gasteiger partial charge < -0.3 is 4.98 Å². The Morgan fingerprint density at radius 2 is 1.93 bits per heavy atom. The third-order valence-electron chi connectivity index (χ3n) is 2.35. The molecule has 15 heavy (non-hydrogen) atoms. The Morgan fingerprint density at radius 1 is 1.20 bits per heavy atom. The average Bonchev–Trinajstić information content (AvgIpc) is 2.30. The first-order chi connectivity index (χ1) is 7.31. The Labute approximate surface area is 87.8 Å². The molecule has 0 aliphatic carbocycles. The van der Waals surface area contributed by atoms with Gasteiger partial charge in [0.05, 0.1) is 0 Å². The molecule has 0 saturated carbocycles. The number of aryl methyl sites for hydroxylation is 1. The Morgan fingerprint density at radius 3 is 2.60 bits per heavy atom. The van der Waals surface area contributed by atoms with E-state index < -0.39 is 0 Å². The Balaban J connectivity index is 2.58. The first kappa shape index (κ1) is 9.65. The minimum absolute atomic E-state index is 0.0512. The second-order valence-electron chi connectivity index (χ2n) is 3.30. The summed E-state index contributed by atoms with van der Waals surface area (Å²) < 4.78 is 0. The molecule has 3 heteroatoms. The van der Waals surface area contributed by atoms with Crippen LogP contribution in [0.4, 0.5) is 0 Å². The van der Waals surface area contributed by atoms with Crippen LogP contribution in [0.25, 0.3) is 11.1 Å². The van der Waals surface area contributed by atoms with E-state index >= 15 is 0 Å². The number of aromatic amines is 1. The molecule has 2 rings (SSSR count). The maximum absolute atomic E-state index is 11.2. The third kappa shape index (κ3) is 1.96. The van der Waals surface area contributed by atoms with Crippen molar-refractivity contribution in [3.8, 4) is 11.1 Å². The van der Waals surface area contributed by atoms with E-state index in [9.17, 15) is 4.79 Å². The fraction of sp³-hybridized carbons (Fsp3) is 0.167. The lowest BCUT2D eigenvalue weighted by atomic mass is 10.0. The Hall–Kier alpha value is -1.90. The van der Waals surface area contributed by atoms with Gasteiger partial charge in [0.1, 0.15) is 0 Å². The first-order valence-electron chi connectivity index (χ1n) is 4.94. The van der Waals surface area contributed by atoms with Gasteiger partial charge in [-0.1, -0.05) is 6.92 Å². The van der Waals surface area contributed by atoms with Crippen molar-refractivity contribution in [1.82, 2.24) is 9.97 Å². The molecule has 0 bridgehead atoms. The topological polar surface area (TPSA) is 45.8 Å². The smallest absolute Gasteiger partial charge is 0.248 e. The van der Waals surface area contributed by atoms with Crippen molar-refractivity contribution < 1.29 is 0 Å². The lowest BCUT2D eigenvalue weighted by molar-refractivity contribution is 1.02. The molecule has 1 N–H and O–H groups in total. The van der Waals surface area contributed by atoms with Gasteiger partial charge in [-0.05, 0) is 30.2 Å². The highest BCUT2D eigenvalue weighted by atomic mass is 16.1. The molecule has 0 amide bonds. The molecule has 0 aliphatic rings. The molecule has 0 spiro atoms. The maximum Gasteiger partial charge on any atom is 0.248 e. The molecule has 0 aliphatic heterocycles. The van der Waals surface area contributed by atoms with Gasteiger partial charge in [-0.15, -0.1) is 0 Å². The number of pyridine rings is 2. The summed E-state index contributed by atoms with van der Waals surface area (Å²) >= 11 is 0. The number of nitrogens with one attached hydrogen (secondary N) is 1. The van der Waals surface area contributed by atoms with Crippen LogP contribution >= 0.6 is 0 Å². The Bertz CT molecular complexity index is 503. The summed E-state index contributed by atoms with van der Waals surface area (Å²) in [6, 6.07) is 7.28. The monoisotopic (exact) mass is 200 g/mol. The van der Waals surface area contributed by atoms with Crippen molar-refractivity contribution in [2.24, 2.45) is 0 Å². The number of hydrogen-bond donors (Lipinski definition) is 1. The SMILES string of the molecule is CCc1[nH]c(=O)ccc1-c1ccncc1. The van der Waals surface area contributed by atoms with Crippen LogP contribution in [0.15, 0.2) is 41.5 Å². The molecule has 0 unspecified atom stereocenters. The van der Waals surface area contributed by atoms with Crippen molar-refractivity contribution in [2.45, 2.75) is 13.3 Å². The van der Waals surface area contributed by atoms with E-state index in [-0.39, 0.29) is 5.56 Å². The predicted octanol–water partition coefficient (Wildman–Crippen LogP) is 2.00. The zero-order valence-corrected chi connectivity index (χ0v) is 8.53. The summed E-state index contributed by atoms with van der Waals surface area (Å²) in [7, 11) is 0. The maximum atomic E-state index is 11.2. The zero-order chi connectivity index (χ0) is 10.7. The highest BCUT2D eigenvalue weighted by Crippen LogP contribution is 2.20. The second kappa shape index (κ2) is 4.09. The van der Waals surface area contributed by atoms with Crippen molar-refractivity contribution >= 4 is 0 Å². The number of H-pyrrole nitrogens is 1. The standard InChI is InChI=1S/C12H12N2O/c1-2-11-10(3-4-12(15)14-11)9-5-7-13-8-6-9/h3-8H,2H2,1H3,(H,14,15). The van der Waals surface area contributed by atoms with Crippen molar-refractivity contribution in [1.29, 1.82) is 0 Å². The highest BCUT2D eigenvalue weighted by molar-refractivity contribution is 5.64.